The highest BCUT2D eigenvalue weighted by molar-refractivity contribution is 5.85. The van der Waals surface area contributed by atoms with Crippen LogP contribution in [0.5, 0.6) is 0 Å². The van der Waals surface area contributed by atoms with E-state index in [1.54, 1.807) is 6.92 Å². The average Bonchev–Trinajstić information content (AvgIpc) is 2.82. The maximum atomic E-state index is 11.3. The molecule has 0 atom stereocenters. The minimum atomic E-state index is 0. The third kappa shape index (κ3) is 2.74. The Morgan fingerprint density at radius 1 is 1.26 bits per heavy atom. The van der Waals surface area contributed by atoms with Gasteiger partial charge in [-0.2, -0.15) is 0 Å². The van der Waals surface area contributed by atoms with Crippen LogP contribution in [0.2, 0.25) is 0 Å². The van der Waals surface area contributed by atoms with Crippen LogP contribution in [0.25, 0.3) is 0 Å². The SMILES string of the molecule is CC(=O)N1CCC(c2nnc3n2CCNC3)CC1.Cl. The first-order valence-electron chi connectivity index (χ1n) is 6.64. The Labute approximate surface area is 119 Å². The topological polar surface area (TPSA) is 63.1 Å². The summed E-state index contributed by atoms with van der Waals surface area (Å²) in [5.74, 6) is 2.81. The molecular weight excluding hydrogens is 266 g/mol. The number of nitrogens with zero attached hydrogens (tertiary/aromatic N) is 4. The van der Waals surface area contributed by atoms with E-state index < -0.39 is 0 Å². The zero-order valence-corrected chi connectivity index (χ0v) is 11.9. The lowest BCUT2D eigenvalue weighted by molar-refractivity contribution is -0.129. The summed E-state index contributed by atoms with van der Waals surface area (Å²) >= 11 is 0. The molecular formula is C12H20ClN5O. The van der Waals surface area contributed by atoms with Gasteiger partial charge in [-0.25, -0.2) is 0 Å². The second-order valence-corrected chi connectivity index (χ2v) is 5.08. The average molecular weight is 286 g/mol. The number of likely N-dealkylation sites (tertiary alicyclic amines) is 1. The van der Waals surface area contributed by atoms with Gasteiger partial charge in [-0.1, -0.05) is 0 Å². The van der Waals surface area contributed by atoms with E-state index in [4.69, 9.17) is 0 Å². The van der Waals surface area contributed by atoms with Crippen molar-refractivity contribution in [2.24, 2.45) is 0 Å². The molecule has 7 heteroatoms. The minimum Gasteiger partial charge on any atom is -0.343 e. The summed E-state index contributed by atoms with van der Waals surface area (Å²) in [6.45, 7) is 6.11. The summed E-state index contributed by atoms with van der Waals surface area (Å²) in [6, 6.07) is 0. The fraction of sp³-hybridized carbons (Fsp3) is 0.750. The lowest BCUT2D eigenvalue weighted by Crippen LogP contribution is -2.37. The number of fused-ring (bicyclic) bond motifs is 1. The van der Waals surface area contributed by atoms with Crippen LogP contribution in [0.4, 0.5) is 0 Å². The first-order valence-corrected chi connectivity index (χ1v) is 6.64. The van der Waals surface area contributed by atoms with Crippen molar-refractivity contribution >= 4 is 18.3 Å². The van der Waals surface area contributed by atoms with Gasteiger partial charge in [0.15, 0.2) is 0 Å². The predicted molar refractivity (Wildman–Crippen MR) is 73.2 cm³/mol. The molecule has 0 saturated carbocycles. The molecule has 2 aliphatic heterocycles. The first-order chi connectivity index (χ1) is 8.75. The largest absolute Gasteiger partial charge is 0.343 e. The molecule has 1 aromatic rings. The van der Waals surface area contributed by atoms with Gasteiger partial charge in [-0.15, -0.1) is 22.6 Å². The maximum Gasteiger partial charge on any atom is 0.219 e. The van der Waals surface area contributed by atoms with Crippen LogP contribution < -0.4 is 5.32 Å². The van der Waals surface area contributed by atoms with Crippen molar-refractivity contribution in [2.75, 3.05) is 19.6 Å². The number of hydrogen-bond acceptors (Lipinski definition) is 4. The van der Waals surface area contributed by atoms with E-state index >= 15 is 0 Å². The van der Waals surface area contributed by atoms with Crippen LogP contribution >= 0.6 is 12.4 Å². The number of nitrogens with one attached hydrogen (secondary N) is 1. The van der Waals surface area contributed by atoms with E-state index in [2.05, 4.69) is 20.1 Å². The van der Waals surface area contributed by atoms with Gasteiger partial charge in [0.25, 0.3) is 0 Å². The van der Waals surface area contributed by atoms with Gasteiger partial charge < -0.3 is 14.8 Å². The molecule has 19 heavy (non-hydrogen) atoms. The molecule has 1 N–H and O–H groups in total. The van der Waals surface area contributed by atoms with E-state index in [0.29, 0.717) is 5.92 Å². The Hall–Kier alpha value is -1.14. The fourth-order valence-corrected chi connectivity index (χ4v) is 2.87. The maximum absolute atomic E-state index is 11.3. The molecule has 1 amide bonds. The normalized spacial score (nSPS) is 19.7. The van der Waals surface area contributed by atoms with E-state index in [1.165, 1.54) is 0 Å². The molecule has 3 rings (SSSR count). The van der Waals surface area contributed by atoms with E-state index in [-0.39, 0.29) is 18.3 Å². The highest BCUT2D eigenvalue weighted by atomic mass is 35.5. The molecule has 0 aromatic carbocycles. The van der Waals surface area contributed by atoms with Crippen LogP contribution in [0, 0.1) is 0 Å². The third-order valence-corrected chi connectivity index (χ3v) is 3.96. The predicted octanol–water partition coefficient (Wildman–Crippen LogP) is 0.529. The Kier molecular flexibility index (Phi) is 4.42. The van der Waals surface area contributed by atoms with Crippen molar-refractivity contribution < 1.29 is 4.79 Å². The highest BCUT2D eigenvalue weighted by Gasteiger charge is 2.27. The Balaban J connectivity index is 0.00000133. The summed E-state index contributed by atoms with van der Waals surface area (Å²) in [7, 11) is 0. The summed E-state index contributed by atoms with van der Waals surface area (Å²) in [5.41, 5.74) is 0. The molecule has 1 aromatic heterocycles. The zero-order chi connectivity index (χ0) is 12.5. The first kappa shape index (κ1) is 14.3. The van der Waals surface area contributed by atoms with Crippen LogP contribution in [0.3, 0.4) is 0 Å². The molecule has 6 nitrogen and oxygen atoms in total. The number of rotatable bonds is 1. The van der Waals surface area contributed by atoms with Crippen molar-refractivity contribution in [3.8, 4) is 0 Å². The van der Waals surface area contributed by atoms with Gasteiger partial charge in [0, 0.05) is 39.0 Å². The van der Waals surface area contributed by atoms with Crippen LogP contribution in [0.15, 0.2) is 0 Å². The van der Waals surface area contributed by atoms with E-state index in [1.807, 2.05) is 4.90 Å². The Morgan fingerprint density at radius 3 is 2.68 bits per heavy atom. The van der Waals surface area contributed by atoms with Crippen molar-refractivity contribution in [1.29, 1.82) is 0 Å². The van der Waals surface area contributed by atoms with Crippen molar-refractivity contribution in [1.82, 2.24) is 25.0 Å². The summed E-state index contributed by atoms with van der Waals surface area (Å²) in [5, 5.41) is 11.9. The number of piperidine rings is 1. The third-order valence-electron chi connectivity index (χ3n) is 3.96. The van der Waals surface area contributed by atoms with Gasteiger partial charge in [0.2, 0.25) is 5.91 Å². The van der Waals surface area contributed by atoms with Crippen molar-refractivity contribution in [2.45, 2.75) is 38.8 Å². The number of carbonyl (C=O) groups is 1. The molecule has 0 spiro atoms. The lowest BCUT2D eigenvalue weighted by atomic mass is 9.96. The zero-order valence-electron chi connectivity index (χ0n) is 11.1. The van der Waals surface area contributed by atoms with Crippen molar-refractivity contribution in [3.05, 3.63) is 11.6 Å². The van der Waals surface area contributed by atoms with E-state index in [9.17, 15) is 4.79 Å². The van der Waals surface area contributed by atoms with Crippen LogP contribution in [-0.4, -0.2) is 45.2 Å². The number of aromatic nitrogens is 3. The molecule has 0 bridgehead atoms. The standard InChI is InChI=1S/C12H19N5O.ClH/c1-9(18)16-5-2-10(3-6-16)12-15-14-11-8-13-4-7-17(11)12;/h10,13H,2-8H2,1H3;1H. The minimum absolute atomic E-state index is 0. The van der Waals surface area contributed by atoms with Gasteiger partial charge in [-0.3, -0.25) is 4.79 Å². The molecule has 3 heterocycles. The van der Waals surface area contributed by atoms with Gasteiger partial charge in [0.05, 0.1) is 6.54 Å². The molecule has 0 unspecified atom stereocenters. The second kappa shape index (κ2) is 5.88. The fourth-order valence-electron chi connectivity index (χ4n) is 2.87. The molecule has 1 saturated heterocycles. The van der Waals surface area contributed by atoms with E-state index in [0.717, 1.165) is 57.2 Å². The summed E-state index contributed by atoms with van der Waals surface area (Å²) < 4.78 is 2.25. The molecule has 2 aliphatic rings. The van der Waals surface area contributed by atoms with Gasteiger partial charge in [0.1, 0.15) is 11.6 Å². The van der Waals surface area contributed by atoms with Crippen LogP contribution in [-0.2, 0) is 17.9 Å². The number of hydrogen-bond donors (Lipinski definition) is 1. The Bertz CT molecular complexity index is 453. The number of halogens is 1. The Morgan fingerprint density at radius 2 is 2.00 bits per heavy atom. The quantitative estimate of drug-likeness (QED) is 0.818. The second-order valence-electron chi connectivity index (χ2n) is 5.08. The van der Waals surface area contributed by atoms with Gasteiger partial charge >= 0.3 is 0 Å². The molecule has 106 valence electrons. The summed E-state index contributed by atoms with van der Waals surface area (Å²) in [4.78, 5) is 13.2. The van der Waals surface area contributed by atoms with Gasteiger partial charge in [-0.05, 0) is 12.8 Å². The lowest BCUT2D eigenvalue weighted by Gasteiger charge is -2.31. The molecule has 0 radical (unpaired) electrons. The highest BCUT2D eigenvalue weighted by Crippen LogP contribution is 2.27. The molecule has 1 fully saturated rings. The smallest absolute Gasteiger partial charge is 0.219 e. The number of carbonyl (C=O) groups excluding carboxylic acids is 1. The van der Waals surface area contributed by atoms with Crippen molar-refractivity contribution in [3.63, 3.8) is 0 Å². The summed E-state index contributed by atoms with van der Waals surface area (Å²) in [6.07, 6.45) is 2.01. The number of amides is 1. The van der Waals surface area contributed by atoms with Crippen LogP contribution in [0.1, 0.15) is 37.3 Å². The monoisotopic (exact) mass is 285 g/mol. The molecule has 0 aliphatic carbocycles.